The van der Waals surface area contributed by atoms with E-state index in [-0.39, 0.29) is 5.41 Å². The van der Waals surface area contributed by atoms with Crippen molar-refractivity contribution < 1.29 is 4.79 Å². The Labute approximate surface area is 192 Å². The smallest absolute Gasteiger partial charge is 0.155 e. The third kappa shape index (κ3) is 3.52. The molecule has 0 aromatic heterocycles. The zero-order chi connectivity index (χ0) is 22.6. The third-order valence-electron chi connectivity index (χ3n) is 11.5. The highest BCUT2D eigenvalue weighted by molar-refractivity contribution is 5.91. The molecule has 174 valence electrons. The van der Waals surface area contributed by atoms with E-state index in [0.717, 1.165) is 42.4 Å². The normalized spacial score (nSPS) is 44.6. The maximum Gasteiger partial charge on any atom is 0.155 e. The predicted octanol–water partition coefficient (Wildman–Crippen LogP) is 8.40. The monoisotopic (exact) mass is 424 g/mol. The van der Waals surface area contributed by atoms with Crippen molar-refractivity contribution in [3.63, 3.8) is 0 Å². The van der Waals surface area contributed by atoms with Crippen LogP contribution in [0.3, 0.4) is 0 Å². The van der Waals surface area contributed by atoms with E-state index in [1.165, 1.54) is 50.5 Å². The molecule has 3 unspecified atom stereocenters. The number of carbonyl (C=O) groups is 1. The van der Waals surface area contributed by atoms with Gasteiger partial charge in [0.05, 0.1) is 0 Å². The van der Waals surface area contributed by atoms with Crippen molar-refractivity contribution in [2.45, 2.75) is 106 Å². The average molecular weight is 425 g/mol. The van der Waals surface area contributed by atoms with Gasteiger partial charge in [0.1, 0.15) is 0 Å². The highest BCUT2D eigenvalue weighted by atomic mass is 16.1. The van der Waals surface area contributed by atoms with Crippen LogP contribution in [0.5, 0.6) is 0 Å². The summed E-state index contributed by atoms with van der Waals surface area (Å²) in [5.74, 6) is 4.95. The Morgan fingerprint density at radius 1 is 0.935 bits per heavy atom. The fourth-order valence-corrected chi connectivity index (χ4v) is 9.14. The number of hydrogen-bond donors (Lipinski definition) is 0. The van der Waals surface area contributed by atoms with Crippen molar-refractivity contribution in [3.8, 4) is 0 Å². The molecule has 0 spiro atoms. The van der Waals surface area contributed by atoms with Crippen molar-refractivity contribution in [2.24, 2.45) is 51.8 Å². The summed E-state index contributed by atoms with van der Waals surface area (Å²) in [6.07, 6.45) is 18.4. The summed E-state index contributed by atoms with van der Waals surface area (Å²) in [5.41, 5.74) is 2.71. The van der Waals surface area contributed by atoms with Gasteiger partial charge in [0.25, 0.3) is 0 Å². The van der Waals surface area contributed by atoms with Crippen LogP contribution in [0, 0.1) is 51.8 Å². The van der Waals surface area contributed by atoms with Crippen LogP contribution in [0.1, 0.15) is 106 Å². The van der Waals surface area contributed by atoms with Crippen LogP contribution >= 0.6 is 0 Å². The van der Waals surface area contributed by atoms with E-state index in [1.807, 2.05) is 0 Å². The van der Waals surface area contributed by atoms with E-state index in [9.17, 15) is 4.79 Å². The number of carbonyl (C=O) groups excluding carboxylic acids is 1. The van der Waals surface area contributed by atoms with E-state index in [1.54, 1.807) is 0 Å². The Hall–Kier alpha value is -0.850. The first-order chi connectivity index (χ1) is 14.6. The molecule has 4 rings (SSSR count). The Morgan fingerprint density at radius 2 is 1.65 bits per heavy atom. The fourth-order valence-electron chi connectivity index (χ4n) is 9.14. The van der Waals surface area contributed by atoms with Crippen LogP contribution in [0.15, 0.2) is 23.8 Å². The molecule has 4 aliphatic carbocycles. The van der Waals surface area contributed by atoms with Gasteiger partial charge >= 0.3 is 0 Å². The lowest BCUT2D eigenvalue weighted by atomic mass is 9.41. The minimum atomic E-state index is 0.288. The molecule has 0 heterocycles. The highest BCUT2D eigenvalue weighted by Gasteiger charge is 2.64. The zero-order valence-electron chi connectivity index (χ0n) is 21.5. The van der Waals surface area contributed by atoms with E-state index in [4.69, 9.17) is 0 Å². The number of ketones is 1. The molecule has 8 atom stereocenters. The minimum Gasteiger partial charge on any atom is -0.295 e. The van der Waals surface area contributed by atoms with Gasteiger partial charge in [-0.15, -0.1) is 0 Å². The van der Waals surface area contributed by atoms with Crippen LogP contribution in [0.2, 0.25) is 0 Å². The summed E-state index contributed by atoms with van der Waals surface area (Å²) in [4.78, 5) is 12.1. The molecule has 0 radical (unpaired) electrons. The molecular formula is C30H48O. The van der Waals surface area contributed by atoms with Crippen molar-refractivity contribution in [3.05, 3.63) is 23.8 Å². The summed E-state index contributed by atoms with van der Waals surface area (Å²) in [7, 11) is 0. The molecule has 0 saturated heterocycles. The second-order valence-electron chi connectivity index (χ2n) is 12.9. The lowest BCUT2D eigenvalue weighted by molar-refractivity contribution is -0.125. The van der Waals surface area contributed by atoms with Crippen LogP contribution in [-0.4, -0.2) is 5.78 Å². The van der Waals surface area contributed by atoms with Gasteiger partial charge in [-0.05, 0) is 109 Å². The van der Waals surface area contributed by atoms with Crippen LogP contribution in [0.4, 0.5) is 0 Å². The van der Waals surface area contributed by atoms with Crippen molar-refractivity contribution in [2.75, 3.05) is 0 Å². The molecule has 0 bridgehead atoms. The summed E-state index contributed by atoms with van der Waals surface area (Å²) in [5, 5.41) is 0. The second-order valence-corrected chi connectivity index (χ2v) is 12.9. The summed E-state index contributed by atoms with van der Waals surface area (Å²) < 4.78 is 0. The molecule has 0 aromatic rings. The topological polar surface area (TPSA) is 17.1 Å². The molecule has 1 nitrogen and oxygen atoms in total. The van der Waals surface area contributed by atoms with Crippen molar-refractivity contribution >= 4 is 5.78 Å². The Balaban J connectivity index is 1.58. The number of rotatable bonds is 5. The molecule has 31 heavy (non-hydrogen) atoms. The van der Waals surface area contributed by atoms with E-state index in [2.05, 4.69) is 66.7 Å². The molecular weight excluding hydrogens is 376 g/mol. The second kappa shape index (κ2) is 8.18. The van der Waals surface area contributed by atoms with E-state index >= 15 is 0 Å². The lowest BCUT2D eigenvalue weighted by Crippen LogP contribution is -2.55. The van der Waals surface area contributed by atoms with Crippen molar-refractivity contribution in [1.82, 2.24) is 0 Å². The molecule has 1 heteroatoms. The number of allylic oxidation sites excluding steroid dienone is 3. The maximum absolute atomic E-state index is 12.1. The molecule has 4 aliphatic rings. The average Bonchev–Trinajstić information content (AvgIpc) is 3.00. The SMILES string of the molecule is CC[C@H](/C=C/C(C)[C@H]1CC[C@@]2(C)C3CCC4=CC(=O)CC[C@]4(C)C3CC[C@]12C)C(C)C. The number of fused-ring (bicyclic) bond motifs is 5. The first-order valence-corrected chi connectivity index (χ1v) is 13.5. The van der Waals surface area contributed by atoms with Gasteiger partial charge in [-0.3, -0.25) is 4.79 Å². The van der Waals surface area contributed by atoms with Crippen LogP contribution in [-0.2, 0) is 4.79 Å². The summed E-state index contributed by atoms with van der Waals surface area (Å²) in [6.45, 7) is 17.4. The van der Waals surface area contributed by atoms with Gasteiger partial charge in [-0.25, -0.2) is 0 Å². The van der Waals surface area contributed by atoms with E-state index in [0.29, 0.717) is 22.5 Å². The molecule has 0 N–H and O–H groups in total. The molecule has 3 saturated carbocycles. The quantitative estimate of drug-likeness (QED) is 0.405. The molecule has 0 aromatic carbocycles. The molecule has 0 aliphatic heterocycles. The van der Waals surface area contributed by atoms with Gasteiger partial charge in [-0.2, -0.15) is 0 Å². The fraction of sp³-hybridized carbons (Fsp3) is 0.833. The maximum atomic E-state index is 12.1. The Kier molecular flexibility index (Phi) is 6.15. The third-order valence-corrected chi connectivity index (χ3v) is 11.5. The highest BCUT2D eigenvalue weighted by Crippen LogP contribution is 2.73. The standard InChI is InChI=1S/C30H48O/c1-8-22(20(2)3)10-9-21(4)25-14-17-30(7)27-12-11-23-19-24(31)13-16-28(23,5)26(27)15-18-29(25,30)6/h9-10,19-22,25-27H,8,11-18H2,1-7H3/b10-9+/t21?,22-,25-,26?,27?,28+,29-,30+/m1/s1. The Morgan fingerprint density at radius 3 is 2.32 bits per heavy atom. The summed E-state index contributed by atoms with van der Waals surface area (Å²) >= 11 is 0. The Bertz CT molecular complexity index is 758. The minimum absolute atomic E-state index is 0.288. The van der Waals surface area contributed by atoms with Crippen molar-refractivity contribution in [1.29, 1.82) is 0 Å². The number of hydrogen-bond acceptors (Lipinski definition) is 1. The lowest BCUT2D eigenvalue weighted by Gasteiger charge is -2.63. The molecule has 3 fully saturated rings. The van der Waals surface area contributed by atoms with Gasteiger partial charge in [0, 0.05) is 6.42 Å². The molecule has 0 amide bonds. The van der Waals surface area contributed by atoms with Crippen LogP contribution in [0.25, 0.3) is 0 Å². The first-order valence-electron chi connectivity index (χ1n) is 13.5. The zero-order valence-corrected chi connectivity index (χ0v) is 21.5. The van der Waals surface area contributed by atoms with Gasteiger partial charge in [-0.1, -0.05) is 66.2 Å². The van der Waals surface area contributed by atoms with Gasteiger partial charge < -0.3 is 0 Å². The summed E-state index contributed by atoms with van der Waals surface area (Å²) in [6, 6.07) is 0. The largest absolute Gasteiger partial charge is 0.295 e. The van der Waals surface area contributed by atoms with E-state index < -0.39 is 0 Å². The van der Waals surface area contributed by atoms with Gasteiger partial charge in [0.2, 0.25) is 0 Å². The van der Waals surface area contributed by atoms with Gasteiger partial charge in [0.15, 0.2) is 5.78 Å². The van der Waals surface area contributed by atoms with Crippen LogP contribution < -0.4 is 0 Å². The predicted molar refractivity (Wildman–Crippen MR) is 132 cm³/mol. The first kappa shape index (κ1) is 23.3.